The summed E-state index contributed by atoms with van der Waals surface area (Å²) in [6.07, 6.45) is 9.02. The van der Waals surface area contributed by atoms with E-state index in [4.69, 9.17) is 11.6 Å². The van der Waals surface area contributed by atoms with Gasteiger partial charge in [-0.3, -0.25) is 0 Å². The summed E-state index contributed by atoms with van der Waals surface area (Å²) in [6.45, 7) is 2.30. The first kappa shape index (κ1) is 20.3. The molecule has 3 aromatic carbocycles. The third kappa shape index (κ3) is 4.48. The Labute approximate surface area is 176 Å². The van der Waals surface area contributed by atoms with Crippen molar-refractivity contribution in [1.29, 1.82) is 0 Å². The molecule has 3 aromatic rings. The molecule has 0 unspecified atom stereocenters. The van der Waals surface area contributed by atoms with Crippen molar-refractivity contribution < 1.29 is 8.78 Å². The Hall–Kier alpha value is -1.93. The molecule has 0 amide bonds. The molecule has 0 nitrogen and oxygen atoms in total. The van der Waals surface area contributed by atoms with Crippen molar-refractivity contribution in [2.45, 2.75) is 51.9 Å². The molecule has 0 atom stereocenters. The van der Waals surface area contributed by atoms with Crippen LogP contribution in [0, 0.1) is 23.5 Å². The minimum Gasteiger partial charge on any atom is -0.206 e. The summed E-state index contributed by atoms with van der Waals surface area (Å²) in [5.74, 6) is 0.909. The average Bonchev–Trinajstić information content (AvgIpc) is 2.75. The molecule has 1 aliphatic rings. The molecule has 0 heterocycles. The zero-order valence-electron chi connectivity index (χ0n) is 16.9. The minimum absolute atomic E-state index is 0.0442. The second-order valence-corrected chi connectivity index (χ2v) is 8.85. The van der Waals surface area contributed by atoms with E-state index < -0.39 is 5.82 Å². The summed E-state index contributed by atoms with van der Waals surface area (Å²) < 4.78 is 28.9. The Morgan fingerprint density at radius 2 is 1.66 bits per heavy atom. The first-order valence-electron chi connectivity index (χ1n) is 10.7. The number of hydrogen-bond donors (Lipinski definition) is 0. The number of hydrogen-bond acceptors (Lipinski definition) is 0. The molecular formula is C26H27ClF2. The molecule has 0 aliphatic heterocycles. The van der Waals surface area contributed by atoms with Gasteiger partial charge in [0.25, 0.3) is 0 Å². The van der Waals surface area contributed by atoms with Crippen LogP contribution >= 0.6 is 11.6 Å². The van der Waals surface area contributed by atoms with Crippen LogP contribution in [0.15, 0.2) is 48.5 Å². The topological polar surface area (TPSA) is 0 Å². The lowest BCUT2D eigenvalue weighted by Crippen LogP contribution is -2.14. The van der Waals surface area contributed by atoms with Gasteiger partial charge >= 0.3 is 0 Å². The van der Waals surface area contributed by atoms with Crippen LogP contribution in [0.25, 0.3) is 21.9 Å². The van der Waals surface area contributed by atoms with Gasteiger partial charge in [0.15, 0.2) is 0 Å². The highest BCUT2D eigenvalue weighted by molar-refractivity contribution is 6.30. The summed E-state index contributed by atoms with van der Waals surface area (Å²) in [4.78, 5) is 0. The first-order valence-corrected chi connectivity index (χ1v) is 11.1. The molecule has 1 aliphatic carbocycles. The van der Waals surface area contributed by atoms with Gasteiger partial charge in [0, 0.05) is 10.9 Å². The van der Waals surface area contributed by atoms with E-state index in [1.165, 1.54) is 56.2 Å². The third-order valence-corrected chi connectivity index (χ3v) is 6.94. The summed E-state index contributed by atoms with van der Waals surface area (Å²) in [5, 5.41) is 1.51. The van der Waals surface area contributed by atoms with Crippen molar-refractivity contribution in [3.8, 4) is 11.1 Å². The molecule has 29 heavy (non-hydrogen) atoms. The van der Waals surface area contributed by atoms with Gasteiger partial charge in [0.2, 0.25) is 0 Å². The lowest BCUT2D eigenvalue weighted by molar-refractivity contribution is 0.259. The van der Waals surface area contributed by atoms with Crippen LogP contribution in [-0.4, -0.2) is 0 Å². The molecule has 4 rings (SSSR count). The predicted octanol–water partition coefficient (Wildman–Crippen LogP) is 8.59. The van der Waals surface area contributed by atoms with Gasteiger partial charge in [-0.05, 0) is 53.3 Å². The van der Waals surface area contributed by atoms with Crippen LogP contribution in [0.1, 0.15) is 51.0 Å². The van der Waals surface area contributed by atoms with Gasteiger partial charge in [0.1, 0.15) is 11.6 Å². The Morgan fingerprint density at radius 3 is 2.38 bits per heavy atom. The molecule has 1 fully saturated rings. The van der Waals surface area contributed by atoms with Gasteiger partial charge in [-0.2, -0.15) is 0 Å². The van der Waals surface area contributed by atoms with Crippen LogP contribution < -0.4 is 0 Å². The van der Waals surface area contributed by atoms with Crippen molar-refractivity contribution in [2.75, 3.05) is 0 Å². The maximum Gasteiger partial charge on any atom is 0.142 e. The van der Waals surface area contributed by atoms with Crippen molar-refractivity contribution in [1.82, 2.24) is 0 Å². The molecule has 0 bridgehead atoms. The maximum absolute atomic E-state index is 15.1. The molecule has 0 aromatic heterocycles. The van der Waals surface area contributed by atoms with E-state index in [1.54, 1.807) is 12.1 Å². The van der Waals surface area contributed by atoms with Crippen LogP contribution in [0.4, 0.5) is 8.78 Å². The van der Waals surface area contributed by atoms with Crippen molar-refractivity contribution in [3.05, 3.63) is 70.8 Å². The van der Waals surface area contributed by atoms with Gasteiger partial charge < -0.3 is 0 Å². The van der Waals surface area contributed by atoms with Crippen LogP contribution in [0.5, 0.6) is 0 Å². The number of rotatable bonds is 5. The molecular weight excluding hydrogens is 386 g/mol. The summed E-state index contributed by atoms with van der Waals surface area (Å²) in [7, 11) is 0. The zero-order chi connectivity index (χ0) is 20.4. The molecule has 3 heteroatoms. The fourth-order valence-electron chi connectivity index (χ4n) is 4.68. The highest BCUT2D eigenvalue weighted by Gasteiger charge is 2.19. The summed E-state index contributed by atoms with van der Waals surface area (Å²) in [5.41, 5.74) is 2.16. The lowest BCUT2D eigenvalue weighted by atomic mass is 9.78. The summed E-state index contributed by atoms with van der Waals surface area (Å²) >= 11 is 5.75. The second kappa shape index (κ2) is 8.83. The van der Waals surface area contributed by atoms with Crippen molar-refractivity contribution in [2.24, 2.45) is 11.8 Å². The monoisotopic (exact) mass is 412 g/mol. The van der Waals surface area contributed by atoms with Crippen molar-refractivity contribution >= 4 is 22.4 Å². The Morgan fingerprint density at radius 1 is 0.897 bits per heavy atom. The molecule has 1 saturated carbocycles. The molecule has 152 valence electrons. The lowest BCUT2D eigenvalue weighted by Gasteiger charge is -2.27. The second-order valence-electron chi connectivity index (χ2n) is 8.45. The fourth-order valence-corrected chi connectivity index (χ4v) is 4.80. The van der Waals surface area contributed by atoms with Gasteiger partial charge in [-0.15, -0.1) is 0 Å². The number of halogens is 3. The van der Waals surface area contributed by atoms with Gasteiger partial charge in [-0.1, -0.05) is 87.0 Å². The van der Waals surface area contributed by atoms with Crippen LogP contribution in [0.2, 0.25) is 5.02 Å². The fraction of sp³-hybridized carbons (Fsp3) is 0.385. The normalized spacial score (nSPS) is 19.6. The van der Waals surface area contributed by atoms with E-state index in [-0.39, 0.29) is 10.8 Å². The molecule has 0 spiro atoms. The quantitative estimate of drug-likeness (QED) is 0.393. The van der Waals surface area contributed by atoms with Gasteiger partial charge in [-0.25, -0.2) is 8.78 Å². The van der Waals surface area contributed by atoms with E-state index in [0.29, 0.717) is 16.5 Å². The van der Waals surface area contributed by atoms with Crippen LogP contribution in [0.3, 0.4) is 0 Å². The predicted molar refractivity (Wildman–Crippen MR) is 118 cm³/mol. The molecule has 0 N–H and O–H groups in total. The van der Waals surface area contributed by atoms with E-state index in [0.717, 1.165) is 23.6 Å². The zero-order valence-corrected chi connectivity index (χ0v) is 17.6. The van der Waals surface area contributed by atoms with Crippen LogP contribution in [-0.2, 0) is 6.42 Å². The maximum atomic E-state index is 15.1. The molecule has 0 saturated heterocycles. The smallest absolute Gasteiger partial charge is 0.142 e. The Balaban J connectivity index is 1.51. The summed E-state index contributed by atoms with van der Waals surface area (Å²) in [6, 6.07) is 14.1. The Bertz CT molecular complexity index is 1000. The van der Waals surface area contributed by atoms with Gasteiger partial charge in [0.05, 0.1) is 5.02 Å². The SMILES string of the molecule is CCC1CCC(CCc2ccc3c(F)c(-c4ccc(Cl)c(F)c4)ccc3c2)CC1. The highest BCUT2D eigenvalue weighted by Crippen LogP contribution is 2.34. The van der Waals surface area contributed by atoms with E-state index >= 15 is 4.39 Å². The van der Waals surface area contributed by atoms with E-state index in [2.05, 4.69) is 13.0 Å². The number of benzene rings is 3. The largest absolute Gasteiger partial charge is 0.206 e. The highest BCUT2D eigenvalue weighted by atomic mass is 35.5. The Kier molecular flexibility index (Phi) is 6.20. The first-order chi connectivity index (χ1) is 14.0. The van der Waals surface area contributed by atoms with E-state index in [9.17, 15) is 4.39 Å². The number of aryl methyl sites for hydroxylation is 1. The molecule has 0 radical (unpaired) electrons. The minimum atomic E-state index is -0.535. The standard InChI is InChI=1S/C26H27ClF2/c1-2-17-3-5-18(6-4-17)7-8-19-9-12-22-20(15-19)10-13-23(26(22)29)21-11-14-24(27)25(28)16-21/h9-18H,2-8H2,1H3. The number of fused-ring (bicyclic) bond motifs is 1. The van der Waals surface area contributed by atoms with Crippen molar-refractivity contribution in [3.63, 3.8) is 0 Å². The third-order valence-electron chi connectivity index (χ3n) is 6.63. The van der Waals surface area contributed by atoms with E-state index in [1.807, 2.05) is 18.2 Å². The average molecular weight is 413 g/mol.